The van der Waals surface area contributed by atoms with Gasteiger partial charge in [-0.25, -0.2) is 0 Å². The van der Waals surface area contributed by atoms with Gasteiger partial charge in [-0.3, -0.25) is 0 Å². The third-order valence-corrected chi connectivity index (χ3v) is 3.62. The normalized spacial score (nSPS) is 16.7. The summed E-state index contributed by atoms with van der Waals surface area (Å²) in [6.45, 7) is 3.62. The van der Waals surface area contributed by atoms with Gasteiger partial charge in [0, 0.05) is 31.5 Å². The van der Waals surface area contributed by atoms with E-state index in [0.29, 0.717) is 6.04 Å². The van der Waals surface area contributed by atoms with E-state index >= 15 is 0 Å². The summed E-state index contributed by atoms with van der Waals surface area (Å²) >= 11 is 0. The summed E-state index contributed by atoms with van der Waals surface area (Å²) < 4.78 is 11.1. The molecule has 19 heavy (non-hydrogen) atoms. The van der Waals surface area contributed by atoms with Crippen LogP contribution in [0.25, 0.3) is 0 Å². The third-order valence-electron chi connectivity index (χ3n) is 3.62. The number of rotatable bonds is 6. The fourth-order valence-corrected chi connectivity index (χ4v) is 2.38. The highest BCUT2D eigenvalue weighted by Crippen LogP contribution is 2.15. The van der Waals surface area contributed by atoms with E-state index in [0.717, 1.165) is 57.1 Å². The summed E-state index contributed by atoms with van der Waals surface area (Å²) in [4.78, 5) is 2.43. The Kier molecular flexibility index (Phi) is 5.48. The molecule has 0 aromatic heterocycles. The van der Waals surface area contributed by atoms with Crippen molar-refractivity contribution >= 4 is 5.69 Å². The van der Waals surface area contributed by atoms with Gasteiger partial charge in [0.05, 0.1) is 6.61 Å². The summed E-state index contributed by atoms with van der Waals surface area (Å²) in [6.07, 6.45) is 3.34. The van der Waals surface area contributed by atoms with Crippen molar-refractivity contribution in [2.75, 3.05) is 39.1 Å². The minimum Gasteiger partial charge on any atom is -0.494 e. The summed E-state index contributed by atoms with van der Waals surface area (Å²) in [6, 6.07) is 8.23. The van der Waals surface area contributed by atoms with Crippen LogP contribution in [0.3, 0.4) is 0 Å². The Morgan fingerprint density at radius 1 is 1.26 bits per heavy atom. The van der Waals surface area contributed by atoms with Gasteiger partial charge in [-0.15, -0.1) is 0 Å². The van der Waals surface area contributed by atoms with Crippen LogP contribution in [0.5, 0.6) is 5.75 Å². The number of nitrogens with two attached hydrogens (primary N) is 1. The lowest BCUT2D eigenvalue weighted by atomic mass is 10.1. The van der Waals surface area contributed by atoms with Crippen LogP contribution in [-0.2, 0) is 4.74 Å². The van der Waals surface area contributed by atoms with Crippen LogP contribution in [0.4, 0.5) is 5.69 Å². The topological polar surface area (TPSA) is 47.7 Å². The van der Waals surface area contributed by atoms with E-state index < -0.39 is 0 Å². The van der Waals surface area contributed by atoms with E-state index in [1.165, 1.54) is 0 Å². The molecule has 4 nitrogen and oxygen atoms in total. The van der Waals surface area contributed by atoms with Crippen molar-refractivity contribution in [3.05, 3.63) is 24.3 Å². The van der Waals surface area contributed by atoms with Gasteiger partial charge in [-0.05, 0) is 50.6 Å². The second-order valence-electron chi connectivity index (χ2n) is 5.10. The van der Waals surface area contributed by atoms with Gasteiger partial charge >= 0.3 is 0 Å². The molecule has 2 N–H and O–H groups in total. The Morgan fingerprint density at radius 2 is 1.95 bits per heavy atom. The van der Waals surface area contributed by atoms with Crippen LogP contribution in [0.15, 0.2) is 24.3 Å². The molecule has 1 heterocycles. The molecule has 0 saturated carbocycles. The first-order chi connectivity index (χ1) is 9.25. The van der Waals surface area contributed by atoms with Crippen molar-refractivity contribution in [2.24, 2.45) is 0 Å². The molecular formula is C15H24N2O2. The monoisotopic (exact) mass is 264 g/mol. The maximum absolute atomic E-state index is 5.69. The highest BCUT2D eigenvalue weighted by Gasteiger charge is 2.17. The van der Waals surface area contributed by atoms with E-state index in [9.17, 15) is 0 Å². The summed E-state index contributed by atoms with van der Waals surface area (Å²) in [7, 11) is 2.19. The van der Waals surface area contributed by atoms with Gasteiger partial charge in [0.1, 0.15) is 5.75 Å². The molecule has 2 rings (SSSR count). The molecule has 0 aliphatic carbocycles. The number of benzene rings is 1. The summed E-state index contributed by atoms with van der Waals surface area (Å²) in [5.41, 5.74) is 6.40. The molecule has 0 atom stereocenters. The number of nitrogens with zero attached hydrogens (tertiary/aromatic N) is 1. The number of nitrogen functional groups attached to an aromatic ring is 1. The van der Waals surface area contributed by atoms with Crippen LogP contribution in [0.2, 0.25) is 0 Å². The van der Waals surface area contributed by atoms with Crippen molar-refractivity contribution in [1.29, 1.82) is 0 Å². The van der Waals surface area contributed by atoms with Crippen molar-refractivity contribution in [2.45, 2.75) is 25.3 Å². The molecular weight excluding hydrogens is 240 g/mol. The molecule has 1 aromatic rings. The first kappa shape index (κ1) is 14.2. The van der Waals surface area contributed by atoms with Crippen molar-refractivity contribution in [3.8, 4) is 5.75 Å². The highest BCUT2D eigenvalue weighted by molar-refractivity contribution is 5.41. The van der Waals surface area contributed by atoms with E-state index in [2.05, 4.69) is 11.9 Å². The fourth-order valence-electron chi connectivity index (χ4n) is 2.38. The minimum absolute atomic E-state index is 0.672. The Balaban J connectivity index is 1.62. The van der Waals surface area contributed by atoms with Gasteiger partial charge in [-0.2, -0.15) is 0 Å². The van der Waals surface area contributed by atoms with E-state index in [1.807, 2.05) is 24.3 Å². The minimum atomic E-state index is 0.672. The second-order valence-corrected chi connectivity index (χ2v) is 5.10. The number of ether oxygens (including phenoxy) is 2. The molecule has 0 radical (unpaired) electrons. The maximum atomic E-state index is 5.69. The molecule has 1 aliphatic rings. The van der Waals surface area contributed by atoms with Crippen LogP contribution < -0.4 is 10.5 Å². The largest absolute Gasteiger partial charge is 0.494 e. The first-order valence-corrected chi connectivity index (χ1v) is 7.02. The quantitative estimate of drug-likeness (QED) is 0.632. The maximum Gasteiger partial charge on any atom is 0.119 e. The number of hydrogen-bond donors (Lipinski definition) is 1. The SMILES string of the molecule is CN(CCCOc1ccc(N)cc1)C1CCOCC1. The fraction of sp³-hybridized carbons (Fsp3) is 0.600. The second kappa shape index (κ2) is 7.36. The van der Waals surface area contributed by atoms with Crippen LogP contribution >= 0.6 is 0 Å². The lowest BCUT2D eigenvalue weighted by Crippen LogP contribution is -2.37. The van der Waals surface area contributed by atoms with E-state index in [1.54, 1.807) is 0 Å². The molecule has 1 saturated heterocycles. The molecule has 4 heteroatoms. The Morgan fingerprint density at radius 3 is 2.63 bits per heavy atom. The van der Waals surface area contributed by atoms with E-state index in [-0.39, 0.29) is 0 Å². The van der Waals surface area contributed by atoms with Crippen molar-refractivity contribution < 1.29 is 9.47 Å². The smallest absolute Gasteiger partial charge is 0.119 e. The zero-order valence-corrected chi connectivity index (χ0v) is 11.7. The van der Waals surface area contributed by atoms with Gasteiger partial charge < -0.3 is 20.1 Å². The average Bonchev–Trinajstić information content (AvgIpc) is 2.46. The molecule has 1 aliphatic heterocycles. The Labute approximate surface area is 115 Å². The standard InChI is InChI=1S/C15H24N2O2/c1-17(14-7-11-18-12-8-14)9-2-10-19-15-5-3-13(16)4-6-15/h3-6,14H,2,7-12,16H2,1H3. The predicted molar refractivity (Wildman–Crippen MR) is 77.4 cm³/mol. The molecule has 0 spiro atoms. The summed E-state index contributed by atoms with van der Waals surface area (Å²) in [5, 5.41) is 0. The lowest BCUT2D eigenvalue weighted by molar-refractivity contribution is 0.0417. The van der Waals surface area contributed by atoms with Crippen LogP contribution in [0.1, 0.15) is 19.3 Å². The predicted octanol–water partition coefficient (Wildman–Crippen LogP) is 2.15. The Bertz CT molecular complexity index is 361. The number of hydrogen-bond acceptors (Lipinski definition) is 4. The zero-order chi connectivity index (χ0) is 13.5. The molecule has 106 valence electrons. The molecule has 1 fully saturated rings. The van der Waals surface area contributed by atoms with Gasteiger partial charge in [0.25, 0.3) is 0 Å². The zero-order valence-electron chi connectivity index (χ0n) is 11.7. The first-order valence-electron chi connectivity index (χ1n) is 7.02. The van der Waals surface area contributed by atoms with Crippen molar-refractivity contribution in [1.82, 2.24) is 4.90 Å². The van der Waals surface area contributed by atoms with Gasteiger partial charge in [-0.1, -0.05) is 0 Å². The van der Waals surface area contributed by atoms with Gasteiger partial charge in [0.2, 0.25) is 0 Å². The summed E-state index contributed by atoms with van der Waals surface area (Å²) in [5.74, 6) is 0.892. The molecule has 0 unspecified atom stereocenters. The molecule has 1 aromatic carbocycles. The third kappa shape index (κ3) is 4.73. The average molecular weight is 264 g/mol. The molecule has 0 amide bonds. The molecule has 0 bridgehead atoms. The van der Waals surface area contributed by atoms with Gasteiger partial charge in [0.15, 0.2) is 0 Å². The van der Waals surface area contributed by atoms with Crippen molar-refractivity contribution in [3.63, 3.8) is 0 Å². The lowest BCUT2D eigenvalue weighted by Gasteiger charge is -2.31. The van der Waals surface area contributed by atoms with E-state index in [4.69, 9.17) is 15.2 Å². The van der Waals surface area contributed by atoms with Crippen LogP contribution in [-0.4, -0.2) is 44.4 Å². The van der Waals surface area contributed by atoms with Crippen LogP contribution in [0, 0.1) is 0 Å². The number of anilines is 1. The Hall–Kier alpha value is -1.26. The highest BCUT2D eigenvalue weighted by atomic mass is 16.5.